The number of nitrogens with zero attached hydrogens (tertiary/aromatic N) is 1. The first kappa shape index (κ1) is 19.6. The minimum atomic E-state index is -4.94. The topological polar surface area (TPSA) is 40.5 Å². The summed E-state index contributed by atoms with van der Waals surface area (Å²) in [6.45, 7) is 0. The molecular weight excluding hydrogens is 395 g/mol. The number of ether oxygens (including phenoxy) is 1. The van der Waals surface area contributed by atoms with Crippen LogP contribution in [0.4, 0.5) is 13.2 Å². The van der Waals surface area contributed by atoms with E-state index in [2.05, 4.69) is 4.74 Å². The molecule has 0 unspecified atom stereocenters. The van der Waals surface area contributed by atoms with E-state index in [9.17, 15) is 18.0 Å². The summed E-state index contributed by atoms with van der Waals surface area (Å²) >= 11 is 0. The van der Waals surface area contributed by atoms with Crippen LogP contribution in [0.2, 0.25) is 0 Å². The van der Waals surface area contributed by atoms with Gasteiger partial charge in [-0.15, -0.1) is 17.9 Å². The van der Waals surface area contributed by atoms with Crippen LogP contribution in [0.5, 0.6) is 5.75 Å². The van der Waals surface area contributed by atoms with Gasteiger partial charge in [-0.05, 0) is 11.6 Å². The molecule has 0 bridgehead atoms. The van der Waals surface area contributed by atoms with Crippen molar-refractivity contribution in [1.82, 2.24) is 4.73 Å². The summed E-state index contributed by atoms with van der Waals surface area (Å²) in [6, 6.07) is 22.3. The second kappa shape index (κ2) is 7.59. The maximum Gasteiger partial charge on any atom is 0.573 e. The predicted molar refractivity (Wildman–Crippen MR) is 108 cm³/mol. The van der Waals surface area contributed by atoms with Crippen molar-refractivity contribution in [3.8, 4) is 28.1 Å². The Balaban J connectivity index is 2.20. The van der Waals surface area contributed by atoms with E-state index in [1.807, 2.05) is 48.5 Å². The Hall–Kier alpha value is -3.74. The number of pyridine rings is 1. The Morgan fingerprint density at radius 1 is 0.800 bits per heavy atom. The van der Waals surface area contributed by atoms with Gasteiger partial charge in [0, 0.05) is 16.5 Å². The lowest BCUT2D eigenvalue weighted by atomic mass is 9.94. The standard InChI is InChI=1S/C23H16F3NO3/c1-29-27-21(16-11-6-3-7-12-16)19(15-9-4-2-5-10-15)17-13-8-14-18(20(17)22(27)28)30-23(24,25)26/h2-14H,1H3. The van der Waals surface area contributed by atoms with Crippen molar-refractivity contribution in [1.29, 1.82) is 0 Å². The highest BCUT2D eigenvalue weighted by Crippen LogP contribution is 2.39. The lowest BCUT2D eigenvalue weighted by Gasteiger charge is -2.20. The molecule has 1 aromatic heterocycles. The van der Waals surface area contributed by atoms with Gasteiger partial charge in [0.2, 0.25) is 0 Å². The highest BCUT2D eigenvalue weighted by Gasteiger charge is 2.33. The summed E-state index contributed by atoms with van der Waals surface area (Å²) < 4.78 is 44.1. The molecule has 7 heteroatoms. The van der Waals surface area contributed by atoms with Gasteiger partial charge in [-0.3, -0.25) is 4.79 Å². The molecular formula is C23H16F3NO3. The van der Waals surface area contributed by atoms with E-state index in [-0.39, 0.29) is 5.39 Å². The molecule has 0 aliphatic carbocycles. The van der Waals surface area contributed by atoms with E-state index in [4.69, 9.17) is 4.84 Å². The quantitative estimate of drug-likeness (QED) is 0.458. The zero-order chi connectivity index (χ0) is 21.3. The van der Waals surface area contributed by atoms with E-state index >= 15 is 0 Å². The van der Waals surface area contributed by atoms with Crippen LogP contribution in [0.15, 0.2) is 83.7 Å². The third-order valence-electron chi connectivity index (χ3n) is 4.65. The molecule has 1 heterocycles. The molecule has 0 aliphatic rings. The summed E-state index contributed by atoms with van der Waals surface area (Å²) in [7, 11) is 1.29. The van der Waals surface area contributed by atoms with Crippen molar-refractivity contribution in [2.24, 2.45) is 0 Å². The van der Waals surface area contributed by atoms with E-state index in [1.165, 1.54) is 13.2 Å². The molecule has 0 N–H and O–H groups in total. The number of alkyl halides is 3. The molecule has 0 radical (unpaired) electrons. The molecule has 3 aromatic carbocycles. The van der Waals surface area contributed by atoms with Gasteiger partial charge in [0.25, 0.3) is 5.56 Å². The summed E-state index contributed by atoms with van der Waals surface area (Å²) in [5.41, 5.74) is 1.65. The normalized spacial score (nSPS) is 11.5. The average Bonchev–Trinajstić information content (AvgIpc) is 2.73. The van der Waals surface area contributed by atoms with E-state index in [0.717, 1.165) is 16.4 Å². The van der Waals surface area contributed by atoms with Crippen LogP contribution < -0.4 is 15.1 Å². The second-order valence-corrected chi connectivity index (χ2v) is 6.46. The van der Waals surface area contributed by atoms with E-state index < -0.39 is 17.7 Å². The molecule has 0 fully saturated rings. The number of benzene rings is 3. The lowest BCUT2D eigenvalue weighted by Crippen LogP contribution is -2.28. The van der Waals surface area contributed by atoms with Gasteiger partial charge in [0.1, 0.15) is 12.9 Å². The predicted octanol–water partition coefficient (Wildman–Crippen LogP) is 5.29. The number of aromatic nitrogens is 1. The van der Waals surface area contributed by atoms with Crippen LogP contribution in [0.25, 0.3) is 33.2 Å². The first-order valence-electron chi connectivity index (χ1n) is 9.03. The van der Waals surface area contributed by atoms with Gasteiger partial charge in [0.05, 0.1) is 11.1 Å². The molecule has 0 saturated carbocycles. The highest BCUT2D eigenvalue weighted by atomic mass is 19.4. The molecule has 4 aromatic rings. The van der Waals surface area contributed by atoms with Gasteiger partial charge in [-0.2, -0.15) is 0 Å². The third kappa shape index (κ3) is 3.50. The molecule has 0 amide bonds. The Labute approximate surface area is 169 Å². The highest BCUT2D eigenvalue weighted by molar-refractivity contribution is 6.04. The molecule has 4 rings (SSSR count). The first-order chi connectivity index (χ1) is 14.4. The summed E-state index contributed by atoms with van der Waals surface area (Å²) in [6.07, 6.45) is -4.94. The number of rotatable bonds is 4. The molecule has 152 valence electrons. The second-order valence-electron chi connectivity index (χ2n) is 6.46. The van der Waals surface area contributed by atoms with E-state index in [1.54, 1.807) is 18.2 Å². The molecule has 0 aliphatic heterocycles. The minimum absolute atomic E-state index is 0.213. The SMILES string of the molecule is COn1c(-c2ccccc2)c(-c2ccccc2)c2cccc(OC(F)(F)F)c2c1=O. The van der Waals surface area contributed by atoms with Gasteiger partial charge >= 0.3 is 6.36 Å². The summed E-state index contributed by atoms with van der Waals surface area (Å²) in [5, 5.41) is 0.121. The van der Waals surface area contributed by atoms with Crippen LogP contribution in [0.1, 0.15) is 0 Å². The fourth-order valence-corrected chi connectivity index (χ4v) is 3.53. The number of hydrogen-bond donors (Lipinski definition) is 0. The third-order valence-corrected chi connectivity index (χ3v) is 4.65. The van der Waals surface area contributed by atoms with Crippen molar-refractivity contribution in [2.75, 3.05) is 7.11 Å². The summed E-state index contributed by atoms with van der Waals surface area (Å²) in [5.74, 6) is -0.576. The zero-order valence-corrected chi connectivity index (χ0v) is 15.8. The lowest BCUT2D eigenvalue weighted by molar-refractivity contribution is -0.274. The van der Waals surface area contributed by atoms with Gasteiger partial charge < -0.3 is 9.57 Å². The molecule has 0 saturated heterocycles. The molecule has 0 spiro atoms. The monoisotopic (exact) mass is 411 g/mol. The minimum Gasteiger partial charge on any atom is -0.413 e. The Kier molecular flexibility index (Phi) is 4.95. The molecule has 4 nitrogen and oxygen atoms in total. The smallest absolute Gasteiger partial charge is 0.413 e. The van der Waals surface area contributed by atoms with Crippen LogP contribution in [-0.2, 0) is 0 Å². The first-order valence-corrected chi connectivity index (χ1v) is 9.03. The molecule has 0 atom stereocenters. The summed E-state index contributed by atoms with van der Waals surface area (Å²) in [4.78, 5) is 18.6. The Morgan fingerprint density at radius 2 is 1.40 bits per heavy atom. The van der Waals surface area contributed by atoms with Crippen molar-refractivity contribution < 1.29 is 22.7 Å². The average molecular weight is 411 g/mol. The fraction of sp³-hybridized carbons (Fsp3) is 0.0870. The zero-order valence-electron chi connectivity index (χ0n) is 15.8. The van der Waals surface area contributed by atoms with Crippen LogP contribution in [0.3, 0.4) is 0 Å². The number of halogens is 3. The maximum atomic E-state index is 13.2. The molecule has 30 heavy (non-hydrogen) atoms. The van der Waals surface area contributed by atoms with Crippen molar-refractivity contribution >= 4 is 10.8 Å². The van der Waals surface area contributed by atoms with Gasteiger partial charge in [0.15, 0.2) is 0 Å². The fourth-order valence-electron chi connectivity index (χ4n) is 3.53. The Morgan fingerprint density at radius 3 is 1.97 bits per heavy atom. The van der Waals surface area contributed by atoms with Crippen molar-refractivity contribution in [3.63, 3.8) is 0 Å². The number of hydrogen-bond acceptors (Lipinski definition) is 3. The largest absolute Gasteiger partial charge is 0.573 e. The van der Waals surface area contributed by atoms with E-state index in [0.29, 0.717) is 22.2 Å². The van der Waals surface area contributed by atoms with Crippen molar-refractivity contribution in [3.05, 3.63) is 89.2 Å². The van der Waals surface area contributed by atoms with Crippen LogP contribution in [-0.4, -0.2) is 18.2 Å². The van der Waals surface area contributed by atoms with Gasteiger partial charge in [-0.25, -0.2) is 0 Å². The van der Waals surface area contributed by atoms with Crippen molar-refractivity contribution in [2.45, 2.75) is 6.36 Å². The number of fused-ring (bicyclic) bond motifs is 1. The van der Waals surface area contributed by atoms with Crippen LogP contribution in [0, 0.1) is 0 Å². The van der Waals surface area contributed by atoms with Gasteiger partial charge in [-0.1, -0.05) is 72.8 Å². The Bertz CT molecular complexity index is 1250. The van der Waals surface area contributed by atoms with Crippen LogP contribution >= 0.6 is 0 Å². The maximum absolute atomic E-state index is 13.2.